The Kier molecular flexibility index (Phi) is 6.40. The number of ether oxygens (including phenoxy) is 3. The molecule has 36 heavy (non-hydrogen) atoms. The molecule has 1 aliphatic carbocycles. The Morgan fingerprint density at radius 2 is 1.75 bits per heavy atom. The van der Waals surface area contributed by atoms with Crippen LogP contribution in [0.25, 0.3) is 0 Å². The van der Waals surface area contributed by atoms with Crippen LogP contribution in [0.5, 0.6) is 11.6 Å². The van der Waals surface area contributed by atoms with E-state index in [0.717, 1.165) is 49.1 Å². The minimum atomic E-state index is 0.393. The van der Waals surface area contributed by atoms with Crippen LogP contribution in [0.3, 0.4) is 0 Å². The molecule has 2 saturated heterocycles. The number of benzene rings is 2. The fraction of sp³-hybridized carbons (Fsp3) is 0.448. The zero-order chi connectivity index (χ0) is 24.4. The Labute approximate surface area is 213 Å². The summed E-state index contributed by atoms with van der Waals surface area (Å²) < 4.78 is 17.1. The fourth-order valence-corrected chi connectivity index (χ4v) is 5.44. The number of morpholine rings is 1. The third-order valence-electron chi connectivity index (χ3n) is 7.70. The summed E-state index contributed by atoms with van der Waals surface area (Å²) in [5, 5.41) is 0. The molecule has 0 radical (unpaired) electrons. The fourth-order valence-electron chi connectivity index (χ4n) is 5.44. The summed E-state index contributed by atoms with van der Waals surface area (Å²) in [4.78, 5) is 14.8. The lowest BCUT2D eigenvalue weighted by Crippen LogP contribution is -2.38. The molecule has 1 atom stereocenters. The van der Waals surface area contributed by atoms with Gasteiger partial charge in [0.15, 0.2) is 0 Å². The lowest BCUT2D eigenvalue weighted by atomic mass is 9.98. The molecule has 3 heterocycles. The molecular formula is C29H34N4O3. The van der Waals surface area contributed by atoms with E-state index < -0.39 is 0 Å². The molecule has 7 heteroatoms. The largest absolute Gasteiger partial charge is 0.497 e. The SMILES string of the molecule is COc1ccc(COc2cc(N3CCOCC3)nc(N3CC4(CC4)CC3Cc3ccccc3)n2)cc1. The number of rotatable bonds is 8. The van der Waals surface area contributed by atoms with Gasteiger partial charge in [-0.15, -0.1) is 0 Å². The smallest absolute Gasteiger partial charge is 0.230 e. The topological polar surface area (TPSA) is 60.0 Å². The highest BCUT2D eigenvalue weighted by molar-refractivity contribution is 5.50. The summed E-state index contributed by atoms with van der Waals surface area (Å²) >= 11 is 0. The molecule has 0 N–H and O–H groups in total. The summed E-state index contributed by atoms with van der Waals surface area (Å²) in [6, 6.07) is 21.1. The van der Waals surface area contributed by atoms with Gasteiger partial charge in [-0.2, -0.15) is 9.97 Å². The number of aromatic nitrogens is 2. The molecule has 7 nitrogen and oxygen atoms in total. The summed E-state index contributed by atoms with van der Waals surface area (Å²) in [7, 11) is 1.68. The maximum Gasteiger partial charge on any atom is 0.230 e. The molecule has 3 aliphatic rings. The Morgan fingerprint density at radius 1 is 0.972 bits per heavy atom. The van der Waals surface area contributed by atoms with Crippen molar-refractivity contribution < 1.29 is 14.2 Å². The van der Waals surface area contributed by atoms with Crippen molar-refractivity contribution in [1.29, 1.82) is 0 Å². The lowest BCUT2D eigenvalue weighted by Gasteiger charge is -2.30. The number of methoxy groups -OCH3 is 1. The van der Waals surface area contributed by atoms with E-state index in [0.29, 0.717) is 37.2 Å². The first-order valence-electron chi connectivity index (χ1n) is 13.0. The van der Waals surface area contributed by atoms with Gasteiger partial charge in [0.05, 0.1) is 20.3 Å². The van der Waals surface area contributed by atoms with E-state index in [9.17, 15) is 0 Å². The molecule has 6 rings (SSSR count). The van der Waals surface area contributed by atoms with Gasteiger partial charge in [-0.3, -0.25) is 0 Å². The maximum absolute atomic E-state index is 6.24. The van der Waals surface area contributed by atoms with Crippen molar-refractivity contribution in [1.82, 2.24) is 9.97 Å². The van der Waals surface area contributed by atoms with E-state index in [1.807, 2.05) is 30.3 Å². The van der Waals surface area contributed by atoms with Gasteiger partial charge >= 0.3 is 0 Å². The van der Waals surface area contributed by atoms with Gasteiger partial charge in [-0.1, -0.05) is 42.5 Å². The second-order valence-corrected chi connectivity index (χ2v) is 10.3. The first-order chi connectivity index (χ1) is 17.7. The number of hydrogen-bond acceptors (Lipinski definition) is 7. The van der Waals surface area contributed by atoms with Crippen LogP contribution >= 0.6 is 0 Å². The molecule has 1 unspecified atom stereocenters. The minimum Gasteiger partial charge on any atom is -0.497 e. The third-order valence-corrected chi connectivity index (χ3v) is 7.70. The highest BCUT2D eigenvalue weighted by Crippen LogP contribution is 2.55. The zero-order valence-electron chi connectivity index (χ0n) is 20.9. The van der Waals surface area contributed by atoms with Crippen LogP contribution in [0, 0.1) is 5.41 Å². The molecule has 0 bridgehead atoms. The van der Waals surface area contributed by atoms with Crippen LogP contribution in [0.1, 0.15) is 30.4 Å². The monoisotopic (exact) mass is 486 g/mol. The molecule has 1 aromatic heterocycles. The molecule has 2 aromatic carbocycles. The van der Waals surface area contributed by atoms with Gasteiger partial charge < -0.3 is 24.0 Å². The van der Waals surface area contributed by atoms with E-state index >= 15 is 0 Å². The normalized spacial score (nSPS) is 20.5. The number of anilines is 2. The third kappa shape index (κ3) is 5.12. The van der Waals surface area contributed by atoms with Crippen LogP contribution in [-0.2, 0) is 17.8 Å². The van der Waals surface area contributed by atoms with Crippen molar-refractivity contribution in [3.8, 4) is 11.6 Å². The lowest BCUT2D eigenvalue weighted by molar-refractivity contribution is 0.122. The van der Waals surface area contributed by atoms with E-state index in [-0.39, 0.29) is 0 Å². The van der Waals surface area contributed by atoms with Crippen LogP contribution in [0.4, 0.5) is 11.8 Å². The average Bonchev–Trinajstić information content (AvgIpc) is 3.60. The first kappa shape index (κ1) is 23.1. The van der Waals surface area contributed by atoms with Crippen molar-refractivity contribution in [3.63, 3.8) is 0 Å². The predicted molar refractivity (Wildman–Crippen MR) is 140 cm³/mol. The molecule has 0 amide bonds. The van der Waals surface area contributed by atoms with E-state index in [1.165, 1.54) is 24.8 Å². The van der Waals surface area contributed by atoms with Crippen LogP contribution in [0.15, 0.2) is 60.7 Å². The van der Waals surface area contributed by atoms with Gasteiger partial charge in [-0.25, -0.2) is 0 Å². The summed E-state index contributed by atoms with van der Waals surface area (Å²) in [5.74, 6) is 3.16. The van der Waals surface area contributed by atoms with Gasteiger partial charge in [-0.05, 0) is 54.4 Å². The quantitative estimate of drug-likeness (QED) is 0.465. The van der Waals surface area contributed by atoms with Gasteiger partial charge in [0.1, 0.15) is 18.2 Å². The van der Waals surface area contributed by atoms with E-state index in [1.54, 1.807) is 7.11 Å². The van der Waals surface area contributed by atoms with Gasteiger partial charge in [0.25, 0.3) is 0 Å². The predicted octanol–water partition coefficient (Wildman–Crippen LogP) is 4.50. The van der Waals surface area contributed by atoms with Crippen LogP contribution in [0.2, 0.25) is 0 Å². The Balaban J connectivity index is 1.28. The summed E-state index contributed by atoms with van der Waals surface area (Å²) in [6.07, 6.45) is 4.82. The molecule has 188 valence electrons. The van der Waals surface area contributed by atoms with Gasteiger partial charge in [0, 0.05) is 31.7 Å². The van der Waals surface area contributed by atoms with E-state index in [2.05, 4.69) is 40.1 Å². The zero-order valence-corrected chi connectivity index (χ0v) is 20.9. The van der Waals surface area contributed by atoms with Gasteiger partial charge in [0.2, 0.25) is 11.8 Å². The molecule has 3 fully saturated rings. The Hall–Kier alpha value is -3.32. The van der Waals surface area contributed by atoms with Crippen LogP contribution < -0.4 is 19.3 Å². The molecule has 1 saturated carbocycles. The highest BCUT2D eigenvalue weighted by atomic mass is 16.5. The number of hydrogen-bond donors (Lipinski definition) is 0. The standard InChI is InChI=1S/C29H34N4O3/c1-34-25-9-7-23(8-10-25)20-36-27-18-26(32-13-15-35-16-14-32)30-28(31-27)33-21-29(11-12-29)19-24(33)17-22-5-3-2-4-6-22/h2-10,18,24H,11-17,19-21H2,1H3. The first-order valence-corrected chi connectivity index (χ1v) is 13.0. The van der Waals surface area contributed by atoms with Crippen molar-refractivity contribution >= 4 is 11.8 Å². The summed E-state index contributed by atoms with van der Waals surface area (Å²) in [5.41, 5.74) is 2.87. The Morgan fingerprint density at radius 3 is 2.47 bits per heavy atom. The van der Waals surface area contributed by atoms with Crippen molar-refractivity contribution in [2.45, 2.75) is 38.3 Å². The molecule has 2 aliphatic heterocycles. The van der Waals surface area contributed by atoms with E-state index in [4.69, 9.17) is 24.2 Å². The maximum atomic E-state index is 6.24. The van der Waals surface area contributed by atoms with Crippen molar-refractivity contribution in [3.05, 3.63) is 71.8 Å². The Bertz CT molecular complexity index is 1160. The van der Waals surface area contributed by atoms with Crippen molar-refractivity contribution in [2.24, 2.45) is 5.41 Å². The number of nitrogens with zero attached hydrogens (tertiary/aromatic N) is 4. The van der Waals surface area contributed by atoms with Crippen molar-refractivity contribution in [2.75, 3.05) is 49.8 Å². The highest BCUT2D eigenvalue weighted by Gasteiger charge is 2.52. The molecule has 3 aromatic rings. The summed E-state index contributed by atoms with van der Waals surface area (Å²) in [6.45, 7) is 4.54. The average molecular weight is 487 g/mol. The molecule has 1 spiro atoms. The van der Waals surface area contributed by atoms with Crippen LogP contribution in [-0.4, -0.2) is 56.0 Å². The molecular weight excluding hydrogens is 452 g/mol. The minimum absolute atomic E-state index is 0.393. The second kappa shape index (κ2) is 9.97. The second-order valence-electron chi connectivity index (χ2n) is 10.3.